The summed E-state index contributed by atoms with van der Waals surface area (Å²) in [6.07, 6.45) is 0. The van der Waals surface area contributed by atoms with Crippen molar-refractivity contribution in [2.24, 2.45) is 0 Å². The maximum absolute atomic E-state index is 11.5. The van der Waals surface area contributed by atoms with Gasteiger partial charge in [-0.15, -0.1) is 0 Å². The highest BCUT2D eigenvalue weighted by Crippen LogP contribution is 2.36. The number of anilines is 2. The van der Waals surface area contributed by atoms with E-state index in [0.717, 1.165) is 19.6 Å². The molecule has 2 N–H and O–H groups in total. The van der Waals surface area contributed by atoms with Crippen LogP contribution < -0.4 is 10.1 Å². The van der Waals surface area contributed by atoms with Gasteiger partial charge in [0.2, 0.25) is 0 Å². The van der Waals surface area contributed by atoms with E-state index >= 15 is 0 Å². The number of hydrogen-bond donors (Lipinski definition) is 2. The number of nitrogens with zero attached hydrogens (tertiary/aromatic N) is 2. The molecule has 150 valence electrons. The van der Waals surface area contributed by atoms with Crippen molar-refractivity contribution in [3.05, 3.63) is 57.1 Å². The molecule has 28 heavy (non-hydrogen) atoms. The van der Waals surface area contributed by atoms with Crippen LogP contribution in [-0.4, -0.2) is 47.1 Å². The van der Waals surface area contributed by atoms with Crippen LogP contribution in [0.1, 0.15) is 24.2 Å². The number of carboxylic acids is 1. The molecule has 0 saturated heterocycles. The molecule has 0 unspecified atom stereocenters. The number of carbonyl (C=O) groups is 1. The van der Waals surface area contributed by atoms with E-state index in [1.165, 1.54) is 12.1 Å². The Morgan fingerprint density at radius 1 is 1.21 bits per heavy atom. The predicted molar refractivity (Wildman–Crippen MR) is 108 cm³/mol. The monoisotopic (exact) mass is 407 g/mol. The number of hydrogen-bond acceptors (Lipinski definition) is 6. The summed E-state index contributed by atoms with van der Waals surface area (Å²) < 4.78 is 5.70. The third kappa shape index (κ3) is 5.34. The number of ether oxygens (including phenoxy) is 1. The van der Waals surface area contributed by atoms with Crippen LogP contribution in [-0.2, 0) is 0 Å². The van der Waals surface area contributed by atoms with Gasteiger partial charge in [-0.1, -0.05) is 25.4 Å². The number of benzene rings is 2. The summed E-state index contributed by atoms with van der Waals surface area (Å²) >= 11 is 5.93. The molecule has 0 aliphatic rings. The molecular formula is C19H22ClN3O5. The zero-order valence-corrected chi connectivity index (χ0v) is 16.4. The van der Waals surface area contributed by atoms with Gasteiger partial charge in [-0.25, -0.2) is 4.79 Å². The van der Waals surface area contributed by atoms with Crippen LogP contribution >= 0.6 is 11.6 Å². The summed E-state index contributed by atoms with van der Waals surface area (Å²) in [5.41, 5.74) is -0.416. The van der Waals surface area contributed by atoms with Crippen molar-refractivity contribution in [3.8, 4) is 5.75 Å². The molecule has 0 amide bonds. The van der Waals surface area contributed by atoms with Gasteiger partial charge in [0.25, 0.3) is 5.69 Å². The second kappa shape index (κ2) is 9.91. The molecule has 0 fully saturated rings. The molecule has 8 nitrogen and oxygen atoms in total. The minimum absolute atomic E-state index is 0.0862. The molecule has 2 aromatic rings. The number of rotatable bonds is 10. The van der Waals surface area contributed by atoms with E-state index in [1.54, 1.807) is 24.3 Å². The molecule has 9 heteroatoms. The minimum atomic E-state index is -1.35. The lowest BCUT2D eigenvalue weighted by atomic mass is 10.1. The zero-order chi connectivity index (χ0) is 20.7. The Morgan fingerprint density at radius 2 is 1.86 bits per heavy atom. The lowest BCUT2D eigenvalue weighted by Gasteiger charge is -2.18. The summed E-state index contributed by atoms with van der Waals surface area (Å²) in [4.78, 5) is 24.4. The number of carboxylic acid groups (broad SMARTS) is 1. The predicted octanol–water partition coefficient (Wildman–Crippen LogP) is 4.41. The van der Waals surface area contributed by atoms with Gasteiger partial charge in [0.05, 0.1) is 9.95 Å². The summed E-state index contributed by atoms with van der Waals surface area (Å²) in [7, 11) is 0. The average molecular weight is 408 g/mol. The molecule has 0 radical (unpaired) electrons. The highest BCUT2D eigenvalue weighted by Gasteiger charge is 2.25. The lowest BCUT2D eigenvalue weighted by molar-refractivity contribution is -0.383. The van der Waals surface area contributed by atoms with Crippen LogP contribution in [0.4, 0.5) is 17.1 Å². The van der Waals surface area contributed by atoms with Crippen molar-refractivity contribution in [2.75, 3.05) is 31.6 Å². The van der Waals surface area contributed by atoms with Crippen molar-refractivity contribution in [1.29, 1.82) is 0 Å². The van der Waals surface area contributed by atoms with Crippen LogP contribution in [0, 0.1) is 10.1 Å². The van der Waals surface area contributed by atoms with Gasteiger partial charge in [0.1, 0.15) is 23.6 Å². The highest BCUT2D eigenvalue weighted by atomic mass is 35.5. The van der Waals surface area contributed by atoms with Gasteiger partial charge in [-0.3, -0.25) is 10.1 Å². The Bertz CT molecular complexity index is 838. The maximum atomic E-state index is 11.5. The average Bonchev–Trinajstić information content (AvgIpc) is 2.66. The number of aromatic carboxylic acids is 1. The third-order valence-corrected chi connectivity index (χ3v) is 4.55. The van der Waals surface area contributed by atoms with Gasteiger partial charge < -0.3 is 20.1 Å². The molecule has 0 aromatic heterocycles. The number of likely N-dealkylation sites (N-methyl/N-ethyl adjacent to an activating group) is 1. The van der Waals surface area contributed by atoms with E-state index in [0.29, 0.717) is 18.0 Å². The fourth-order valence-electron chi connectivity index (χ4n) is 2.67. The lowest BCUT2D eigenvalue weighted by Crippen LogP contribution is -2.27. The summed E-state index contributed by atoms with van der Waals surface area (Å²) in [5, 5.41) is 23.4. The van der Waals surface area contributed by atoms with E-state index in [-0.39, 0.29) is 22.0 Å². The molecule has 0 atom stereocenters. The van der Waals surface area contributed by atoms with Crippen LogP contribution in [0.3, 0.4) is 0 Å². The van der Waals surface area contributed by atoms with Gasteiger partial charge in [-0.2, -0.15) is 0 Å². The SMILES string of the molecule is CCN(CC)CCOc1ccc(Nc2c([N+](=O)[O-])ccc(Cl)c2C(=O)O)cc1. The standard InChI is InChI=1S/C19H22ClN3O5/c1-3-22(4-2)11-12-28-14-7-5-13(6-8-14)21-18-16(23(26)27)10-9-15(20)17(18)19(24)25/h5-10,21H,3-4,11-12H2,1-2H3,(H,24,25). The van der Waals surface area contributed by atoms with Crippen LogP contribution in [0.15, 0.2) is 36.4 Å². The van der Waals surface area contributed by atoms with E-state index in [4.69, 9.17) is 16.3 Å². The first-order chi connectivity index (χ1) is 13.4. The summed E-state index contributed by atoms with van der Waals surface area (Å²) in [6, 6.07) is 9.09. The topological polar surface area (TPSA) is 105 Å². The molecule has 2 rings (SSSR count). The van der Waals surface area contributed by atoms with Gasteiger partial charge >= 0.3 is 5.97 Å². The third-order valence-electron chi connectivity index (χ3n) is 4.24. The van der Waals surface area contributed by atoms with Gasteiger partial charge in [0, 0.05) is 18.3 Å². The van der Waals surface area contributed by atoms with Gasteiger partial charge in [-0.05, 0) is 43.4 Å². The van der Waals surface area contributed by atoms with Gasteiger partial charge in [0.15, 0.2) is 0 Å². The van der Waals surface area contributed by atoms with E-state index in [1.807, 2.05) is 0 Å². The quantitative estimate of drug-likeness (QED) is 0.444. The number of nitrogens with one attached hydrogen (secondary N) is 1. The van der Waals surface area contributed by atoms with Crippen molar-refractivity contribution in [1.82, 2.24) is 4.90 Å². The molecule has 2 aromatic carbocycles. The zero-order valence-electron chi connectivity index (χ0n) is 15.6. The fourth-order valence-corrected chi connectivity index (χ4v) is 2.90. The fraction of sp³-hybridized carbons (Fsp3) is 0.316. The van der Waals surface area contributed by atoms with E-state index in [2.05, 4.69) is 24.1 Å². The van der Waals surface area contributed by atoms with Crippen LogP contribution in [0.2, 0.25) is 5.02 Å². The molecule has 0 spiro atoms. The molecule has 0 bridgehead atoms. The highest BCUT2D eigenvalue weighted by molar-refractivity contribution is 6.34. The maximum Gasteiger partial charge on any atom is 0.339 e. The Labute approximate surface area is 167 Å². The molecule has 0 saturated carbocycles. The Morgan fingerprint density at radius 3 is 2.39 bits per heavy atom. The van der Waals surface area contributed by atoms with Crippen molar-refractivity contribution < 1.29 is 19.6 Å². The van der Waals surface area contributed by atoms with Crippen LogP contribution in [0.25, 0.3) is 0 Å². The largest absolute Gasteiger partial charge is 0.492 e. The smallest absolute Gasteiger partial charge is 0.339 e. The van der Waals surface area contributed by atoms with Crippen molar-refractivity contribution in [2.45, 2.75) is 13.8 Å². The van der Waals surface area contributed by atoms with Crippen molar-refractivity contribution in [3.63, 3.8) is 0 Å². The van der Waals surface area contributed by atoms with Crippen LogP contribution in [0.5, 0.6) is 5.75 Å². The summed E-state index contributed by atoms with van der Waals surface area (Å²) in [6.45, 7) is 7.43. The molecule has 0 aliphatic heterocycles. The minimum Gasteiger partial charge on any atom is -0.492 e. The number of nitro benzene ring substituents is 1. The van der Waals surface area contributed by atoms with E-state index < -0.39 is 10.9 Å². The molecular weight excluding hydrogens is 386 g/mol. The first kappa shape index (κ1) is 21.5. The first-order valence-corrected chi connectivity index (χ1v) is 9.17. The Hall–Kier alpha value is -2.84. The first-order valence-electron chi connectivity index (χ1n) is 8.79. The Kier molecular flexibility index (Phi) is 7.60. The normalized spacial score (nSPS) is 10.7. The second-order valence-electron chi connectivity index (χ2n) is 5.90. The summed E-state index contributed by atoms with van der Waals surface area (Å²) in [5.74, 6) is -0.704. The van der Waals surface area contributed by atoms with E-state index in [9.17, 15) is 20.0 Å². The number of nitro groups is 1. The molecule has 0 heterocycles. The second-order valence-corrected chi connectivity index (χ2v) is 6.31. The molecule has 0 aliphatic carbocycles. The Balaban J connectivity index is 2.17. The number of halogens is 1. The van der Waals surface area contributed by atoms with Crippen molar-refractivity contribution >= 4 is 34.6 Å².